The number of nitrogens with zero attached hydrogens (tertiary/aromatic N) is 1. The van der Waals surface area contributed by atoms with E-state index in [1.807, 2.05) is 6.07 Å². The zero-order valence-electron chi connectivity index (χ0n) is 10.8. The molecule has 0 bridgehead atoms. The van der Waals surface area contributed by atoms with Crippen LogP contribution in [0.1, 0.15) is 12.8 Å². The van der Waals surface area contributed by atoms with Gasteiger partial charge in [-0.2, -0.15) is 0 Å². The molecule has 0 amide bonds. The van der Waals surface area contributed by atoms with Crippen LogP contribution in [0.5, 0.6) is 11.5 Å². The van der Waals surface area contributed by atoms with Crippen LogP contribution in [-0.2, 0) is 0 Å². The van der Waals surface area contributed by atoms with Crippen LogP contribution in [0.15, 0.2) is 18.2 Å². The van der Waals surface area contributed by atoms with Crippen molar-refractivity contribution >= 4 is 5.69 Å². The van der Waals surface area contributed by atoms with E-state index >= 15 is 0 Å². The van der Waals surface area contributed by atoms with Gasteiger partial charge in [0.1, 0.15) is 13.2 Å². The minimum atomic E-state index is 0.642. The van der Waals surface area contributed by atoms with Crippen LogP contribution < -0.4 is 19.7 Å². The van der Waals surface area contributed by atoms with Gasteiger partial charge in [0.25, 0.3) is 0 Å². The Morgan fingerprint density at radius 1 is 1.22 bits per heavy atom. The standard InChI is InChI=1S/C14H20N2O2/c1-16(7-6-15-11-2-3-11)12-4-5-13-14(10-12)18-9-8-17-13/h4-5,10-11,15H,2-3,6-9H2,1H3. The molecular formula is C14H20N2O2. The number of anilines is 1. The van der Waals surface area contributed by atoms with E-state index in [1.54, 1.807) is 0 Å². The molecule has 1 aromatic carbocycles. The normalized spacial score (nSPS) is 17.6. The average Bonchev–Trinajstić information content (AvgIpc) is 3.22. The molecule has 1 N–H and O–H groups in total. The molecule has 0 unspecified atom stereocenters. The number of likely N-dealkylation sites (N-methyl/N-ethyl adjacent to an activating group) is 1. The first-order valence-corrected chi connectivity index (χ1v) is 6.67. The molecule has 1 heterocycles. The van der Waals surface area contributed by atoms with Gasteiger partial charge in [0.15, 0.2) is 11.5 Å². The van der Waals surface area contributed by atoms with Crippen molar-refractivity contribution in [1.29, 1.82) is 0 Å². The third kappa shape index (κ3) is 2.70. The lowest BCUT2D eigenvalue weighted by molar-refractivity contribution is 0.171. The van der Waals surface area contributed by atoms with Gasteiger partial charge in [0, 0.05) is 37.9 Å². The van der Waals surface area contributed by atoms with Crippen molar-refractivity contribution in [3.8, 4) is 11.5 Å². The summed E-state index contributed by atoms with van der Waals surface area (Å²) in [5, 5.41) is 3.52. The van der Waals surface area contributed by atoms with E-state index in [9.17, 15) is 0 Å². The van der Waals surface area contributed by atoms with Crippen LogP contribution in [0.2, 0.25) is 0 Å². The number of nitrogens with one attached hydrogen (secondary N) is 1. The Morgan fingerprint density at radius 2 is 2.00 bits per heavy atom. The first kappa shape index (κ1) is 11.7. The molecule has 3 rings (SSSR count). The molecule has 1 saturated carbocycles. The van der Waals surface area contributed by atoms with Crippen molar-refractivity contribution < 1.29 is 9.47 Å². The van der Waals surface area contributed by atoms with Gasteiger partial charge in [0.2, 0.25) is 0 Å². The fourth-order valence-corrected chi connectivity index (χ4v) is 2.12. The summed E-state index contributed by atoms with van der Waals surface area (Å²) in [5.41, 5.74) is 1.18. The summed E-state index contributed by atoms with van der Waals surface area (Å²) in [6.07, 6.45) is 2.68. The Bertz CT molecular complexity index is 418. The summed E-state index contributed by atoms with van der Waals surface area (Å²) in [7, 11) is 2.11. The van der Waals surface area contributed by atoms with Gasteiger partial charge in [0.05, 0.1) is 0 Å². The van der Waals surface area contributed by atoms with Crippen LogP contribution in [0.25, 0.3) is 0 Å². The van der Waals surface area contributed by atoms with Crippen molar-refractivity contribution in [2.24, 2.45) is 0 Å². The number of fused-ring (bicyclic) bond motifs is 1. The van der Waals surface area contributed by atoms with Crippen LogP contribution in [0, 0.1) is 0 Å². The summed E-state index contributed by atoms with van der Waals surface area (Å²) in [4.78, 5) is 2.24. The van der Waals surface area contributed by atoms with Crippen LogP contribution in [0.3, 0.4) is 0 Å². The van der Waals surface area contributed by atoms with Crippen molar-refractivity contribution in [2.45, 2.75) is 18.9 Å². The number of ether oxygens (including phenoxy) is 2. The highest BCUT2D eigenvalue weighted by molar-refractivity contribution is 5.56. The summed E-state index contributed by atoms with van der Waals surface area (Å²) >= 11 is 0. The fraction of sp³-hybridized carbons (Fsp3) is 0.571. The largest absolute Gasteiger partial charge is 0.486 e. The van der Waals surface area contributed by atoms with E-state index in [4.69, 9.17) is 9.47 Å². The summed E-state index contributed by atoms with van der Waals surface area (Å²) < 4.78 is 11.1. The van der Waals surface area contributed by atoms with Crippen molar-refractivity contribution in [3.63, 3.8) is 0 Å². The molecule has 98 valence electrons. The maximum atomic E-state index is 5.60. The van der Waals surface area contributed by atoms with Crippen molar-refractivity contribution in [3.05, 3.63) is 18.2 Å². The fourth-order valence-electron chi connectivity index (χ4n) is 2.12. The highest BCUT2D eigenvalue weighted by atomic mass is 16.6. The van der Waals surface area contributed by atoms with Crippen molar-refractivity contribution in [1.82, 2.24) is 5.32 Å². The molecule has 0 spiro atoms. The second kappa shape index (κ2) is 5.06. The molecule has 1 aromatic rings. The van der Waals surface area contributed by atoms with Gasteiger partial charge in [-0.3, -0.25) is 0 Å². The van der Waals surface area contributed by atoms with Crippen LogP contribution in [-0.4, -0.2) is 39.4 Å². The Kier molecular flexibility index (Phi) is 3.28. The lowest BCUT2D eigenvalue weighted by Crippen LogP contribution is -2.30. The average molecular weight is 248 g/mol. The molecule has 1 aliphatic carbocycles. The van der Waals surface area contributed by atoms with Gasteiger partial charge in [-0.1, -0.05) is 0 Å². The lowest BCUT2D eigenvalue weighted by atomic mass is 10.2. The monoisotopic (exact) mass is 248 g/mol. The predicted octanol–water partition coefficient (Wildman–Crippen LogP) is 1.65. The van der Waals surface area contributed by atoms with E-state index < -0.39 is 0 Å². The zero-order valence-corrected chi connectivity index (χ0v) is 10.8. The SMILES string of the molecule is CN(CCNC1CC1)c1ccc2c(c1)OCCO2. The molecule has 0 atom stereocenters. The van der Waals surface area contributed by atoms with Crippen LogP contribution >= 0.6 is 0 Å². The summed E-state index contributed by atoms with van der Waals surface area (Å²) in [5.74, 6) is 1.72. The second-order valence-corrected chi connectivity index (χ2v) is 4.98. The molecule has 4 nitrogen and oxygen atoms in total. The van der Waals surface area contributed by atoms with Gasteiger partial charge in [-0.15, -0.1) is 0 Å². The number of hydrogen-bond donors (Lipinski definition) is 1. The van der Waals surface area contributed by atoms with Gasteiger partial charge in [-0.25, -0.2) is 0 Å². The molecule has 1 aliphatic heterocycles. The summed E-state index contributed by atoms with van der Waals surface area (Å²) in [6.45, 7) is 3.34. The Balaban J connectivity index is 1.59. The molecule has 4 heteroatoms. The topological polar surface area (TPSA) is 33.7 Å². The van der Waals surface area contributed by atoms with Crippen LogP contribution in [0.4, 0.5) is 5.69 Å². The minimum Gasteiger partial charge on any atom is -0.486 e. The van der Waals surface area contributed by atoms with Gasteiger partial charge < -0.3 is 19.7 Å². The van der Waals surface area contributed by atoms with E-state index in [0.29, 0.717) is 13.2 Å². The van der Waals surface area contributed by atoms with E-state index in [-0.39, 0.29) is 0 Å². The Labute approximate surface area is 108 Å². The van der Waals surface area contributed by atoms with E-state index in [1.165, 1.54) is 18.5 Å². The number of benzene rings is 1. The maximum Gasteiger partial charge on any atom is 0.163 e. The smallest absolute Gasteiger partial charge is 0.163 e. The van der Waals surface area contributed by atoms with Gasteiger partial charge in [-0.05, 0) is 25.0 Å². The van der Waals surface area contributed by atoms with Gasteiger partial charge >= 0.3 is 0 Å². The van der Waals surface area contributed by atoms with E-state index in [2.05, 4.69) is 29.4 Å². The first-order chi connectivity index (χ1) is 8.83. The highest BCUT2D eigenvalue weighted by Crippen LogP contribution is 2.33. The van der Waals surface area contributed by atoms with E-state index in [0.717, 1.165) is 30.6 Å². The Morgan fingerprint density at radius 3 is 2.78 bits per heavy atom. The lowest BCUT2D eigenvalue weighted by Gasteiger charge is -2.23. The number of rotatable bonds is 5. The number of hydrogen-bond acceptors (Lipinski definition) is 4. The first-order valence-electron chi connectivity index (χ1n) is 6.67. The second-order valence-electron chi connectivity index (χ2n) is 4.98. The quantitative estimate of drug-likeness (QED) is 0.859. The third-order valence-corrected chi connectivity index (χ3v) is 3.42. The Hall–Kier alpha value is -1.42. The van der Waals surface area contributed by atoms with Crippen molar-refractivity contribution in [2.75, 3.05) is 38.3 Å². The molecule has 2 aliphatic rings. The molecular weight excluding hydrogens is 228 g/mol. The molecule has 18 heavy (non-hydrogen) atoms. The minimum absolute atomic E-state index is 0.642. The zero-order chi connectivity index (χ0) is 12.4. The highest BCUT2D eigenvalue weighted by Gasteiger charge is 2.20. The third-order valence-electron chi connectivity index (χ3n) is 3.42. The molecule has 0 aromatic heterocycles. The molecule has 0 saturated heterocycles. The summed E-state index contributed by atoms with van der Waals surface area (Å²) in [6, 6.07) is 6.92. The predicted molar refractivity (Wildman–Crippen MR) is 71.7 cm³/mol. The molecule has 0 radical (unpaired) electrons. The maximum absolute atomic E-state index is 5.60. The molecule has 1 fully saturated rings.